The van der Waals surface area contributed by atoms with E-state index in [1.807, 2.05) is 42.5 Å². The predicted octanol–water partition coefficient (Wildman–Crippen LogP) is 1.37. The molecule has 266 valence electrons. The number of nitrogens with two attached hydrogens (primary N) is 3. The zero-order valence-electron chi connectivity index (χ0n) is 28.1. The van der Waals surface area contributed by atoms with Gasteiger partial charge in [0.25, 0.3) is 0 Å². The van der Waals surface area contributed by atoms with Gasteiger partial charge in [-0.2, -0.15) is 0 Å². The van der Waals surface area contributed by atoms with E-state index in [0.29, 0.717) is 18.4 Å². The fraction of sp³-hybridized carbons (Fsp3) is 0.405. The highest BCUT2D eigenvalue weighted by Gasteiger charge is 2.33. The van der Waals surface area contributed by atoms with E-state index in [1.165, 1.54) is 12.1 Å². The van der Waals surface area contributed by atoms with Crippen LogP contribution in [0.1, 0.15) is 49.7 Å². The number of guanidine groups is 1. The van der Waals surface area contributed by atoms with Crippen LogP contribution in [-0.2, 0) is 36.8 Å². The van der Waals surface area contributed by atoms with Crippen molar-refractivity contribution in [1.29, 1.82) is 0 Å². The van der Waals surface area contributed by atoms with E-state index in [0.717, 1.165) is 16.3 Å². The van der Waals surface area contributed by atoms with Crippen LogP contribution in [0.3, 0.4) is 0 Å². The lowest BCUT2D eigenvalue weighted by Crippen LogP contribution is -2.54. The Hall–Kier alpha value is -5.30. The van der Waals surface area contributed by atoms with E-state index in [9.17, 15) is 29.1 Å². The van der Waals surface area contributed by atoms with Gasteiger partial charge in [0.15, 0.2) is 11.7 Å². The number of amides is 3. The molecular formula is C37H47N7O6. The average molecular weight is 686 g/mol. The van der Waals surface area contributed by atoms with Crippen LogP contribution in [0.4, 0.5) is 0 Å². The number of aromatic hydroxyl groups is 1. The Balaban J connectivity index is 1.66. The largest absolute Gasteiger partial charge is 0.508 e. The monoisotopic (exact) mass is 685 g/mol. The molecule has 3 aromatic rings. The summed E-state index contributed by atoms with van der Waals surface area (Å²) in [7, 11) is 0. The first-order valence-corrected chi connectivity index (χ1v) is 17.0. The zero-order valence-corrected chi connectivity index (χ0v) is 28.1. The zero-order chi connectivity index (χ0) is 36.0. The summed E-state index contributed by atoms with van der Waals surface area (Å²) in [6.07, 6.45) is 1.31. The lowest BCUT2D eigenvalue weighted by Gasteiger charge is -2.24. The summed E-state index contributed by atoms with van der Waals surface area (Å²) in [6.45, 7) is 0.0951. The van der Waals surface area contributed by atoms with Crippen molar-refractivity contribution in [1.82, 2.24) is 16.0 Å². The molecule has 13 heteroatoms. The second-order valence-corrected chi connectivity index (χ2v) is 12.8. The number of hydrogen-bond acceptors (Lipinski definition) is 8. The summed E-state index contributed by atoms with van der Waals surface area (Å²) in [5, 5.41) is 19.9. The smallest absolute Gasteiger partial charge is 0.243 e. The molecule has 4 rings (SSSR count). The Morgan fingerprint density at radius 3 is 2.16 bits per heavy atom. The number of hydrogen-bond donors (Lipinski definition) is 7. The molecule has 0 aromatic heterocycles. The molecular weight excluding hydrogens is 638 g/mol. The maximum Gasteiger partial charge on any atom is 0.243 e. The predicted molar refractivity (Wildman–Crippen MR) is 191 cm³/mol. The number of rotatable bonds is 11. The minimum Gasteiger partial charge on any atom is -0.508 e. The highest BCUT2D eigenvalue weighted by molar-refractivity contribution is 5.97. The standard InChI is InChI=1S/C37H47N7O6/c38-15-3-8-30-33(47)20-27(7-4-16-41-37(39)40)32(46)21-28(18-24-9-12-25-5-1-2-6-26(25)17-24)35(49)42-22-34(48)43-31(36(50)44-30)19-23-10-13-29(45)14-11-23/h1-2,5-6,9-14,17,27-28,30-31,45H,3-4,7-8,15-16,18-22,38H2,(H,42,49)(H,43,48)(H,44,50)(H4,39,40,41)/t27-,28-,30+,31-/m1/s1. The molecule has 13 nitrogen and oxygen atoms in total. The van der Waals surface area contributed by atoms with Gasteiger partial charge in [-0.05, 0) is 72.7 Å². The summed E-state index contributed by atoms with van der Waals surface area (Å²) < 4.78 is 0. The van der Waals surface area contributed by atoms with E-state index in [4.69, 9.17) is 17.2 Å². The van der Waals surface area contributed by atoms with Gasteiger partial charge in [0, 0.05) is 37.6 Å². The maximum atomic E-state index is 14.0. The Bertz CT molecular complexity index is 1690. The number of benzene rings is 3. The fourth-order valence-corrected chi connectivity index (χ4v) is 6.17. The molecule has 1 fully saturated rings. The van der Waals surface area contributed by atoms with Gasteiger partial charge in [0.05, 0.1) is 12.6 Å². The van der Waals surface area contributed by atoms with Crippen LogP contribution in [0.2, 0.25) is 0 Å². The van der Waals surface area contributed by atoms with Gasteiger partial charge >= 0.3 is 0 Å². The third-order valence-corrected chi connectivity index (χ3v) is 8.88. The summed E-state index contributed by atoms with van der Waals surface area (Å²) in [5.74, 6) is -4.00. The molecule has 1 saturated heterocycles. The van der Waals surface area contributed by atoms with E-state index in [-0.39, 0.29) is 74.9 Å². The average Bonchev–Trinajstić information content (AvgIpc) is 3.09. The fourth-order valence-electron chi connectivity index (χ4n) is 6.17. The number of carbonyl (C=O) groups excluding carboxylic acids is 5. The second kappa shape index (κ2) is 18.5. The van der Waals surface area contributed by atoms with E-state index in [2.05, 4.69) is 20.9 Å². The molecule has 0 unspecified atom stereocenters. The van der Waals surface area contributed by atoms with Gasteiger partial charge in [-0.25, -0.2) is 0 Å². The molecule has 50 heavy (non-hydrogen) atoms. The van der Waals surface area contributed by atoms with E-state index < -0.39 is 48.2 Å². The molecule has 4 atom stereocenters. The number of nitrogens with one attached hydrogen (secondary N) is 3. The minimum atomic E-state index is -1.10. The molecule has 0 bridgehead atoms. The summed E-state index contributed by atoms with van der Waals surface area (Å²) in [4.78, 5) is 72.4. The van der Waals surface area contributed by atoms with E-state index >= 15 is 0 Å². The molecule has 0 saturated carbocycles. The van der Waals surface area contributed by atoms with Crippen molar-refractivity contribution in [2.24, 2.45) is 34.0 Å². The van der Waals surface area contributed by atoms with Gasteiger partial charge in [-0.1, -0.05) is 54.6 Å². The lowest BCUT2D eigenvalue weighted by atomic mass is 9.83. The Kier molecular flexibility index (Phi) is 13.9. The third-order valence-electron chi connectivity index (χ3n) is 8.88. The first-order chi connectivity index (χ1) is 24.0. The van der Waals surface area contributed by atoms with Gasteiger partial charge in [-0.15, -0.1) is 0 Å². The van der Waals surface area contributed by atoms with Gasteiger partial charge in [-0.3, -0.25) is 29.0 Å². The van der Waals surface area contributed by atoms with Crippen molar-refractivity contribution in [2.75, 3.05) is 19.6 Å². The quantitative estimate of drug-likeness (QED) is 0.0876. The number of carbonyl (C=O) groups is 5. The van der Waals surface area contributed by atoms with Gasteiger partial charge in [0.1, 0.15) is 17.6 Å². The highest BCUT2D eigenvalue weighted by atomic mass is 16.3. The van der Waals surface area contributed by atoms with Crippen molar-refractivity contribution < 1.29 is 29.1 Å². The number of aliphatic imine (C=N–C) groups is 1. The van der Waals surface area contributed by atoms with Crippen molar-refractivity contribution in [3.8, 4) is 5.75 Å². The lowest BCUT2D eigenvalue weighted by molar-refractivity contribution is -0.133. The topological polar surface area (TPSA) is 232 Å². The first kappa shape index (κ1) is 37.5. The number of ketones is 2. The minimum absolute atomic E-state index is 0.0418. The summed E-state index contributed by atoms with van der Waals surface area (Å²) >= 11 is 0. The van der Waals surface area contributed by atoms with Crippen LogP contribution >= 0.6 is 0 Å². The Morgan fingerprint density at radius 1 is 0.740 bits per heavy atom. The number of nitrogens with zero attached hydrogens (tertiary/aromatic N) is 1. The third kappa shape index (κ3) is 11.4. The van der Waals surface area contributed by atoms with Crippen LogP contribution in [0.15, 0.2) is 71.7 Å². The number of Topliss-reactive ketones (excluding diaryl/α,β-unsaturated/α-hetero) is 2. The van der Waals surface area contributed by atoms with Crippen molar-refractivity contribution in [2.45, 2.75) is 63.5 Å². The number of phenols is 1. The van der Waals surface area contributed by atoms with Crippen molar-refractivity contribution >= 4 is 46.0 Å². The molecule has 3 amide bonds. The maximum absolute atomic E-state index is 14.0. The van der Waals surface area contributed by atoms with Crippen LogP contribution in [0, 0.1) is 11.8 Å². The van der Waals surface area contributed by atoms with Crippen LogP contribution in [0.5, 0.6) is 5.75 Å². The number of phenolic OH excluding ortho intramolecular Hbond substituents is 1. The molecule has 0 radical (unpaired) electrons. The molecule has 10 N–H and O–H groups in total. The molecule has 1 heterocycles. The van der Waals surface area contributed by atoms with Crippen LogP contribution in [-0.4, -0.2) is 72.1 Å². The molecule has 0 spiro atoms. The SMILES string of the molecule is NCCC[C@@H]1NC(=O)[C@@H](Cc2ccc(O)cc2)NC(=O)CNC(=O)[C@H](Cc2ccc3ccccc3c2)CC(=O)[C@H](CCCN=C(N)N)CC1=O. The Morgan fingerprint density at radius 2 is 1.44 bits per heavy atom. The van der Waals surface area contributed by atoms with Gasteiger partial charge in [0.2, 0.25) is 17.7 Å². The summed E-state index contributed by atoms with van der Waals surface area (Å²) in [6, 6.07) is 17.8. The normalized spacial score (nSPS) is 21.0. The second-order valence-electron chi connectivity index (χ2n) is 12.8. The molecule has 1 aliphatic heterocycles. The van der Waals surface area contributed by atoms with Crippen LogP contribution < -0.4 is 33.2 Å². The van der Waals surface area contributed by atoms with Gasteiger partial charge < -0.3 is 38.3 Å². The molecule has 1 aliphatic rings. The summed E-state index contributed by atoms with van der Waals surface area (Å²) in [5.41, 5.74) is 18.2. The number of fused-ring (bicyclic) bond motifs is 1. The first-order valence-electron chi connectivity index (χ1n) is 17.0. The van der Waals surface area contributed by atoms with Crippen molar-refractivity contribution in [3.63, 3.8) is 0 Å². The Labute approximate surface area is 291 Å². The van der Waals surface area contributed by atoms with E-state index in [1.54, 1.807) is 12.1 Å². The van der Waals surface area contributed by atoms with Crippen molar-refractivity contribution in [3.05, 3.63) is 77.9 Å². The molecule has 0 aliphatic carbocycles. The highest BCUT2D eigenvalue weighted by Crippen LogP contribution is 2.24. The van der Waals surface area contributed by atoms with Crippen LogP contribution in [0.25, 0.3) is 10.8 Å². The molecule has 3 aromatic carbocycles.